The van der Waals surface area contributed by atoms with Gasteiger partial charge in [0.15, 0.2) is 15.6 Å². The predicted octanol–water partition coefficient (Wildman–Crippen LogP) is 8.53. The fraction of sp³-hybridized carbons (Fsp3) is 0.324. The Bertz CT molecular complexity index is 1740. The largest absolute Gasteiger partial charge is 0.356 e. The van der Waals surface area contributed by atoms with Crippen LogP contribution in [0.5, 0.6) is 0 Å². The molecule has 7 rings (SSSR count). The molecule has 232 valence electrons. The Balaban J connectivity index is 1.14. The van der Waals surface area contributed by atoms with Crippen molar-refractivity contribution < 1.29 is 17.9 Å². The second kappa shape index (κ2) is 13.0. The molecule has 2 saturated carbocycles. The lowest BCUT2D eigenvalue weighted by molar-refractivity contribution is -0.247. The highest BCUT2D eigenvalue weighted by molar-refractivity contribution is 7.92. The first-order valence-corrected chi connectivity index (χ1v) is 18.2. The van der Waals surface area contributed by atoms with E-state index in [9.17, 15) is 8.42 Å². The number of nitrogens with zero attached hydrogens (tertiary/aromatic N) is 1. The van der Waals surface area contributed by atoms with Gasteiger partial charge in [-0.2, -0.15) is 0 Å². The molecule has 2 aromatic heterocycles. The molecule has 0 aliphatic heterocycles. The second-order valence-corrected chi connectivity index (χ2v) is 15.5. The van der Waals surface area contributed by atoms with E-state index in [0.29, 0.717) is 24.0 Å². The van der Waals surface area contributed by atoms with Crippen LogP contribution in [-0.2, 0) is 32.5 Å². The molecule has 1 N–H and O–H groups in total. The summed E-state index contributed by atoms with van der Waals surface area (Å²) >= 11 is 1.61. The SMILES string of the molecule is O=S(=O)(c1ccc(C(CC2CCC(OCc3ccccc3)(OCc3ccccc3)C2)c2ccc(-c3nccs3)[nH]2)cc1)C1CC1. The molecule has 2 unspecified atom stereocenters. The fourth-order valence-electron chi connectivity index (χ4n) is 6.48. The maximum atomic E-state index is 12.9. The molecule has 2 aliphatic rings. The molecule has 0 amide bonds. The monoisotopic (exact) mass is 638 g/mol. The summed E-state index contributed by atoms with van der Waals surface area (Å²) in [5, 5.41) is 2.71. The summed E-state index contributed by atoms with van der Waals surface area (Å²) < 4.78 is 39.1. The van der Waals surface area contributed by atoms with Crippen molar-refractivity contribution in [1.29, 1.82) is 0 Å². The summed E-state index contributed by atoms with van der Waals surface area (Å²) in [7, 11) is -3.24. The van der Waals surface area contributed by atoms with Crippen LogP contribution in [0.2, 0.25) is 0 Å². The first kappa shape index (κ1) is 30.1. The minimum Gasteiger partial charge on any atom is -0.356 e. The number of thiazole rings is 1. The molecule has 0 radical (unpaired) electrons. The molecular formula is C37H38N2O4S2. The van der Waals surface area contributed by atoms with Crippen LogP contribution in [0.3, 0.4) is 0 Å². The molecule has 0 saturated heterocycles. The normalized spacial score (nSPS) is 18.6. The smallest absolute Gasteiger partial charge is 0.181 e. The number of aromatic amines is 1. The number of benzene rings is 3. The number of hydrogen-bond acceptors (Lipinski definition) is 6. The van der Waals surface area contributed by atoms with Gasteiger partial charge in [-0.15, -0.1) is 11.3 Å². The molecule has 6 nitrogen and oxygen atoms in total. The van der Waals surface area contributed by atoms with Gasteiger partial charge in [0.05, 0.1) is 29.1 Å². The number of sulfone groups is 1. The first-order chi connectivity index (χ1) is 22.0. The zero-order valence-corrected chi connectivity index (χ0v) is 26.8. The quantitative estimate of drug-likeness (QED) is 0.131. The minimum atomic E-state index is -3.24. The third-order valence-corrected chi connectivity index (χ3v) is 12.2. The zero-order valence-electron chi connectivity index (χ0n) is 25.2. The summed E-state index contributed by atoms with van der Waals surface area (Å²) in [6, 6.07) is 32.4. The van der Waals surface area contributed by atoms with E-state index in [4.69, 9.17) is 9.47 Å². The molecule has 3 aromatic carbocycles. The van der Waals surface area contributed by atoms with Gasteiger partial charge >= 0.3 is 0 Å². The highest BCUT2D eigenvalue weighted by Gasteiger charge is 2.42. The maximum absolute atomic E-state index is 12.9. The zero-order chi connectivity index (χ0) is 30.7. The first-order valence-electron chi connectivity index (χ1n) is 15.8. The highest BCUT2D eigenvalue weighted by Crippen LogP contribution is 2.45. The van der Waals surface area contributed by atoms with Crippen LogP contribution >= 0.6 is 11.3 Å². The Morgan fingerprint density at radius 1 is 0.844 bits per heavy atom. The van der Waals surface area contributed by atoms with E-state index in [-0.39, 0.29) is 11.2 Å². The van der Waals surface area contributed by atoms with Crippen LogP contribution in [0.15, 0.2) is 114 Å². The third-order valence-electron chi connectivity index (χ3n) is 9.11. The van der Waals surface area contributed by atoms with Crippen LogP contribution in [0, 0.1) is 5.92 Å². The van der Waals surface area contributed by atoms with Crippen molar-refractivity contribution in [3.05, 3.63) is 131 Å². The summed E-state index contributed by atoms with van der Waals surface area (Å²) in [4.78, 5) is 8.56. The lowest BCUT2D eigenvalue weighted by Crippen LogP contribution is -2.33. The molecule has 0 bridgehead atoms. The van der Waals surface area contributed by atoms with Crippen molar-refractivity contribution >= 4 is 21.2 Å². The number of aromatic nitrogens is 2. The van der Waals surface area contributed by atoms with Gasteiger partial charge in [0.2, 0.25) is 0 Å². The highest BCUT2D eigenvalue weighted by atomic mass is 32.2. The van der Waals surface area contributed by atoms with Gasteiger partial charge < -0.3 is 14.5 Å². The molecule has 2 atom stereocenters. The Kier molecular flexibility index (Phi) is 8.73. The summed E-state index contributed by atoms with van der Waals surface area (Å²) in [5.74, 6) is -0.270. The van der Waals surface area contributed by atoms with Gasteiger partial charge in [-0.3, -0.25) is 0 Å². The average Bonchev–Trinajstić information content (AvgIpc) is 3.42. The topological polar surface area (TPSA) is 81.3 Å². The fourth-order valence-corrected chi connectivity index (χ4v) is 8.76. The van der Waals surface area contributed by atoms with E-state index in [1.807, 2.05) is 60.1 Å². The Hall–Kier alpha value is -3.56. The van der Waals surface area contributed by atoms with Crippen molar-refractivity contribution in [3.63, 3.8) is 0 Å². The maximum Gasteiger partial charge on any atom is 0.181 e. The third kappa shape index (κ3) is 6.99. The van der Waals surface area contributed by atoms with Crippen molar-refractivity contribution in [2.75, 3.05) is 0 Å². The lowest BCUT2D eigenvalue weighted by Gasteiger charge is -2.31. The summed E-state index contributed by atoms with van der Waals surface area (Å²) in [6.07, 6.45) is 6.81. The van der Waals surface area contributed by atoms with Crippen LogP contribution in [0.25, 0.3) is 10.7 Å². The molecule has 2 aliphatic carbocycles. The van der Waals surface area contributed by atoms with Crippen molar-refractivity contribution in [2.24, 2.45) is 5.92 Å². The van der Waals surface area contributed by atoms with Crippen LogP contribution < -0.4 is 0 Å². The Morgan fingerprint density at radius 2 is 1.51 bits per heavy atom. The summed E-state index contributed by atoms with van der Waals surface area (Å²) in [6.45, 7) is 0.993. The number of hydrogen-bond donors (Lipinski definition) is 1. The molecule has 45 heavy (non-hydrogen) atoms. The van der Waals surface area contributed by atoms with Gasteiger partial charge in [0, 0.05) is 36.0 Å². The summed E-state index contributed by atoms with van der Waals surface area (Å²) in [5.41, 5.74) is 5.46. The van der Waals surface area contributed by atoms with Gasteiger partial charge in [0.1, 0.15) is 5.01 Å². The standard InChI is InChI=1S/C37H38N2O4S2/c40-45(41,32-15-16-32)31-13-11-30(12-14-31)33(34-17-18-35(39-34)36-38-21-22-44-36)23-29-19-20-37(24-29,42-25-27-7-3-1-4-8-27)43-26-28-9-5-2-6-10-28/h1-14,17-18,21-22,29,32-33,39H,15-16,19-20,23-26H2. The molecule has 5 aromatic rings. The molecule has 2 fully saturated rings. The Morgan fingerprint density at radius 3 is 2.11 bits per heavy atom. The molecule has 8 heteroatoms. The van der Waals surface area contributed by atoms with Gasteiger partial charge in [-0.25, -0.2) is 13.4 Å². The van der Waals surface area contributed by atoms with Gasteiger partial charge in [-0.1, -0.05) is 72.8 Å². The van der Waals surface area contributed by atoms with E-state index < -0.39 is 15.6 Å². The second-order valence-electron chi connectivity index (χ2n) is 12.3. The van der Waals surface area contributed by atoms with Crippen molar-refractivity contribution in [3.8, 4) is 10.7 Å². The average molecular weight is 639 g/mol. The van der Waals surface area contributed by atoms with Gasteiger partial charge in [-0.05, 0) is 72.6 Å². The van der Waals surface area contributed by atoms with Crippen LogP contribution in [0.1, 0.15) is 66.8 Å². The predicted molar refractivity (Wildman–Crippen MR) is 178 cm³/mol. The minimum absolute atomic E-state index is 0.0560. The number of nitrogens with one attached hydrogen (secondary N) is 1. The molecule has 0 spiro atoms. The van der Waals surface area contributed by atoms with Gasteiger partial charge in [0.25, 0.3) is 0 Å². The number of rotatable bonds is 13. The van der Waals surface area contributed by atoms with E-state index in [2.05, 4.69) is 46.4 Å². The van der Waals surface area contributed by atoms with E-state index in [1.165, 1.54) is 0 Å². The van der Waals surface area contributed by atoms with E-state index >= 15 is 0 Å². The van der Waals surface area contributed by atoms with E-state index in [0.717, 1.165) is 71.6 Å². The Labute approximate surface area is 269 Å². The molecular weight excluding hydrogens is 601 g/mol. The molecule has 2 heterocycles. The van der Waals surface area contributed by atoms with Crippen LogP contribution in [-0.4, -0.2) is 29.4 Å². The number of H-pyrrole nitrogens is 1. The van der Waals surface area contributed by atoms with E-state index in [1.54, 1.807) is 23.5 Å². The lowest BCUT2D eigenvalue weighted by atomic mass is 9.85. The van der Waals surface area contributed by atoms with Crippen molar-refractivity contribution in [2.45, 2.75) is 73.6 Å². The van der Waals surface area contributed by atoms with Crippen LogP contribution in [0.4, 0.5) is 0 Å². The van der Waals surface area contributed by atoms with Crippen molar-refractivity contribution in [1.82, 2.24) is 9.97 Å². The number of ether oxygens (including phenoxy) is 2.